The summed E-state index contributed by atoms with van der Waals surface area (Å²) in [6.45, 7) is 8.50. The highest BCUT2D eigenvalue weighted by atomic mass is 32.2. The molecule has 0 atom stereocenters. The summed E-state index contributed by atoms with van der Waals surface area (Å²) in [5.74, 6) is -0.0371. The van der Waals surface area contributed by atoms with Gasteiger partial charge in [0.05, 0.1) is 4.90 Å². The Labute approximate surface area is 169 Å². The Balaban J connectivity index is 1.52. The topological polar surface area (TPSA) is 69.7 Å². The Morgan fingerprint density at radius 2 is 1.82 bits per heavy atom. The molecule has 0 radical (unpaired) electrons. The van der Waals surface area contributed by atoms with Gasteiger partial charge in [-0.3, -0.25) is 4.79 Å². The Morgan fingerprint density at radius 1 is 1.14 bits per heavy atom. The van der Waals surface area contributed by atoms with E-state index in [2.05, 4.69) is 24.1 Å². The van der Waals surface area contributed by atoms with Gasteiger partial charge in [-0.15, -0.1) is 0 Å². The van der Waals surface area contributed by atoms with Crippen LogP contribution >= 0.6 is 0 Å². The van der Waals surface area contributed by atoms with Gasteiger partial charge < -0.3 is 10.2 Å². The predicted octanol–water partition coefficient (Wildman–Crippen LogP) is 2.03. The summed E-state index contributed by atoms with van der Waals surface area (Å²) < 4.78 is 27.5. The Hall–Kier alpha value is -1.44. The fourth-order valence-electron chi connectivity index (χ4n) is 4.24. The van der Waals surface area contributed by atoms with Gasteiger partial charge in [0.15, 0.2) is 0 Å². The van der Waals surface area contributed by atoms with Crippen molar-refractivity contribution in [2.75, 3.05) is 39.3 Å². The molecule has 0 saturated carbocycles. The van der Waals surface area contributed by atoms with Crippen LogP contribution < -0.4 is 5.32 Å². The maximum atomic E-state index is 13.0. The maximum absolute atomic E-state index is 13.0. The molecule has 1 aliphatic heterocycles. The largest absolute Gasteiger partial charge is 0.355 e. The van der Waals surface area contributed by atoms with E-state index >= 15 is 0 Å². The molecule has 6 nitrogen and oxygen atoms in total. The number of sulfonamides is 1. The second-order valence-electron chi connectivity index (χ2n) is 7.78. The lowest BCUT2D eigenvalue weighted by Crippen LogP contribution is -2.44. The summed E-state index contributed by atoms with van der Waals surface area (Å²) >= 11 is 0. The molecule has 28 heavy (non-hydrogen) atoms. The minimum atomic E-state index is -3.47. The number of nitrogens with one attached hydrogen (secondary N) is 1. The Morgan fingerprint density at radius 3 is 2.50 bits per heavy atom. The van der Waals surface area contributed by atoms with Crippen molar-refractivity contribution >= 4 is 15.9 Å². The van der Waals surface area contributed by atoms with Crippen LogP contribution in [0.15, 0.2) is 23.1 Å². The zero-order valence-electron chi connectivity index (χ0n) is 17.1. The van der Waals surface area contributed by atoms with Gasteiger partial charge in [0, 0.05) is 32.1 Å². The third kappa shape index (κ3) is 4.75. The number of aryl methyl sites for hydroxylation is 2. The molecule has 1 fully saturated rings. The van der Waals surface area contributed by atoms with Gasteiger partial charge in [0.2, 0.25) is 15.9 Å². The van der Waals surface area contributed by atoms with Crippen LogP contribution in [0.3, 0.4) is 0 Å². The molecule has 1 amide bonds. The number of rotatable bonds is 8. The summed E-state index contributed by atoms with van der Waals surface area (Å²) in [6.07, 6.45) is 4.29. The SMILES string of the molecule is CCN(CC)CCNC(=O)C1CCN(S(=O)(=O)c2ccc3c(c2)CCC3)CC1. The fraction of sp³-hybridized carbons (Fsp3) is 0.667. The average Bonchev–Trinajstić information content (AvgIpc) is 3.19. The highest BCUT2D eigenvalue weighted by Crippen LogP contribution is 2.28. The molecular formula is C21H33N3O3S. The van der Waals surface area contributed by atoms with Crippen molar-refractivity contribution in [1.82, 2.24) is 14.5 Å². The molecule has 1 aromatic carbocycles. The highest BCUT2D eigenvalue weighted by Gasteiger charge is 2.32. The first-order valence-electron chi connectivity index (χ1n) is 10.6. The van der Waals surface area contributed by atoms with Gasteiger partial charge in [-0.25, -0.2) is 8.42 Å². The van der Waals surface area contributed by atoms with E-state index in [1.807, 2.05) is 12.1 Å². The summed E-state index contributed by atoms with van der Waals surface area (Å²) in [6, 6.07) is 5.56. The van der Waals surface area contributed by atoms with E-state index in [0.717, 1.165) is 38.9 Å². The van der Waals surface area contributed by atoms with E-state index in [9.17, 15) is 13.2 Å². The first-order valence-corrected chi connectivity index (χ1v) is 12.0. The molecule has 1 saturated heterocycles. The number of fused-ring (bicyclic) bond motifs is 1. The third-order valence-electron chi connectivity index (χ3n) is 6.15. The summed E-state index contributed by atoms with van der Waals surface area (Å²) in [5.41, 5.74) is 2.45. The van der Waals surface area contributed by atoms with E-state index in [4.69, 9.17) is 0 Å². The van der Waals surface area contributed by atoms with Crippen molar-refractivity contribution < 1.29 is 13.2 Å². The van der Waals surface area contributed by atoms with Crippen LogP contribution in [-0.2, 0) is 27.7 Å². The third-order valence-corrected chi connectivity index (χ3v) is 8.05. The molecule has 0 aromatic heterocycles. The molecular weight excluding hydrogens is 374 g/mol. The first kappa shape index (κ1) is 21.3. The average molecular weight is 408 g/mol. The maximum Gasteiger partial charge on any atom is 0.243 e. The van der Waals surface area contributed by atoms with E-state index in [-0.39, 0.29) is 11.8 Å². The van der Waals surface area contributed by atoms with E-state index in [1.54, 1.807) is 10.4 Å². The molecule has 1 aromatic rings. The molecule has 2 aliphatic rings. The van der Waals surface area contributed by atoms with Gasteiger partial charge in [0.25, 0.3) is 0 Å². The van der Waals surface area contributed by atoms with Crippen molar-refractivity contribution in [3.8, 4) is 0 Å². The Bertz CT molecular complexity index is 782. The molecule has 0 unspecified atom stereocenters. The number of piperidine rings is 1. The van der Waals surface area contributed by atoms with Gasteiger partial charge in [-0.1, -0.05) is 19.9 Å². The number of hydrogen-bond donors (Lipinski definition) is 1. The summed E-state index contributed by atoms with van der Waals surface area (Å²) in [5, 5.41) is 3.02. The number of likely N-dealkylation sites (N-methyl/N-ethyl adjacent to an activating group) is 1. The molecule has 0 spiro atoms. The first-order chi connectivity index (χ1) is 13.5. The molecule has 7 heteroatoms. The second kappa shape index (κ2) is 9.37. The van der Waals surface area contributed by atoms with Crippen molar-refractivity contribution in [2.24, 2.45) is 5.92 Å². The monoisotopic (exact) mass is 407 g/mol. The Kier molecular flexibility index (Phi) is 7.12. The predicted molar refractivity (Wildman–Crippen MR) is 111 cm³/mol. The second-order valence-corrected chi connectivity index (χ2v) is 9.72. The molecule has 0 bridgehead atoms. The van der Waals surface area contributed by atoms with Crippen LogP contribution in [-0.4, -0.2) is 62.8 Å². The lowest BCUT2D eigenvalue weighted by atomic mass is 9.97. The van der Waals surface area contributed by atoms with Crippen molar-refractivity contribution in [1.29, 1.82) is 0 Å². The smallest absolute Gasteiger partial charge is 0.243 e. The van der Waals surface area contributed by atoms with Crippen molar-refractivity contribution in [3.05, 3.63) is 29.3 Å². The summed E-state index contributed by atoms with van der Waals surface area (Å²) in [4.78, 5) is 15.1. The molecule has 3 rings (SSSR count). The van der Waals surface area contributed by atoms with Crippen molar-refractivity contribution in [3.63, 3.8) is 0 Å². The van der Waals surface area contributed by atoms with Crippen LogP contribution in [0.25, 0.3) is 0 Å². The highest BCUT2D eigenvalue weighted by molar-refractivity contribution is 7.89. The van der Waals surface area contributed by atoms with Gasteiger partial charge in [0.1, 0.15) is 0 Å². The number of benzene rings is 1. The number of amides is 1. The number of hydrogen-bond acceptors (Lipinski definition) is 4. The molecule has 1 aliphatic carbocycles. The minimum absolute atomic E-state index is 0.0572. The van der Waals surface area contributed by atoms with Gasteiger partial charge >= 0.3 is 0 Å². The standard InChI is InChI=1S/C21H33N3O3S/c1-3-23(4-2)15-12-22-21(25)18-10-13-24(14-11-18)28(26,27)20-9-8-17-6-5-7-19(17)16-20/h8-9,16,18H,3-7,10-15H2,1-2H3,(H,22,25). The van der Waals surface area contributed by atoms with Crippen LogP contribution in [0, 0.1) is 5.92 Å². The lowest BCUT2D eigenvalue weighted by molar-refractivity contribution is -0.126. The van der Waals surface area contributed by atoms with E-state index < -0.39 is 10.0 Å². The number of nitrogens with zero attached hydrogens (tertiary/aromatic N) is 2. The van der Waals surface area contributed by atoms with Gasteiger partial charge in [-0.05, 0) is 68.5 Å². The van der Waals surface area contributed by atoms with Gasteiger partial charge in [-0.2, -0.15) is 4.31 Å². The molecule has 1 heterocycles. The summed E-state index contributed by atoms with van der Waals surface area (Å²) in [7, 11) is -3.47. The fourth-order valence-corrected chi connectivity index (χ4v) is 5.76. The van der Waals surface area contributed by atoms with Crippen LogP contribution in [0.5, 0.6) is 0 Å². The zero-order chi connectivity index (χ0) is 20.1. The zero-order valence-corrected chi connectivity index (χ0v) is 17.9. The minimum Gasteiger partial charge on any atom is -0.355 e. The normalized spacial score (nSPS) is 18.4. The quantitative estimate of drug-likeness (QED) is 0.716. The van der Waals surface area contributed by atoms with Crippen LogP contribution in [0.2, 0.25) is 0 Å². The van der Waals surface area contributed by atoms with E-state index in [0.29, 0.717) is 37.4 Å². The van der Waals surface area contributed by atoms with Crippen molar-refractivity contribution in [2.45, 2.75) is 50.8 Å². The van der Waals surface area contributed by atoms with Crippen LogP contribution in [0.4, 0.5) is 0 Å². The molecule has 156 valence electrons. The lowest BCUT2D eigenvalue weighted by Gasteiger charge is -2.31. The number of carbonyl (C=O) groups excluding carboxylic acids is 1. The van der Waals surface area contributed by atoms with E-state index in [1.165, 1.54) is 11.1 Å². The van der Waals surface area contributed by atoms with Crippen LogP contribution in [0.1, 0.15) is 44.2 Å². The molecule has 1 N–H and O–H groups in total. The number of carbonyl (C=O) groups is 1.